The van der Waals surface area contributed by atoms with Gasteiger partial charge in [0.05, 0.1) is 0 Å². The minimum absolute atomic E-state index is 0.0370. The van der Waals surface area contributed by atoms with E-state index in [1.165, 1.54) is 11.1 Å². The van der Waals surface area contributed by atoms with Crippen molar-refractivity contribution in [2.75, 3.05) is 0 Å². The van der Waals surface area contributed by atoms with Gasteiger partial charge in [-0.05, 0) is 24.0 Å². The quantitative estimate of drug-likeness (QED) is 0.597. The molecule has 1 aromatic rings. The monoisotopic (exact) mass is 162 g/mol. The van der Waals surface area contributed by atoms with Crippen LogP contribution in [0.3, 0.4) is 0 Å². The number of hydrogen-bond acceptors (Lipinski definition) is 2. The van der Waals surface area contributed by atoms with E-state index in [1.807, 2.05) is 6.07 Å². The maximum Gasteiger partial charge on any atom is 0.0451 e. The van der Waals surface area contributed by atoms with E-state index in [9.17, 15) is 0 Å². The van der Waals surface area contributed by atoms with Crippen LogP contribution in [0.5, 0.6) is 0 Å². The van der Waals surface area contributed by atoms with Gasteiger partial charge in [0.25, 0.3) is 0 Å². The molecule has 2 rings (SSSR count). The molecule has 2 atom stereocenters. The second kappa shape index (κ2) is 2.88. The molecule has 12 heavy (non-hydrogen) atoms. The SMILES string of the molecule is NC1CCc2ccccc2C1N. The lowest BCUT2D eigenvalue weighted by Crippen LogP contribution is -2.37. The first kappa shape index (κ1) is 7.77. The van der Waals surface area contributed by atoms with Gasteiger partial charge in [0.15, 0.2) is 0 Å². The number of rotatable bonds is 0. The summed E-state index contributed by atoms with van der Waals surface area (Å²) < 4.78 is 0. The maximum atomic E-state index is 5.96. The summed E-state index contributed by atoms with van der Waals surface area (Å²) in [6, 6.07) is 8.48. The molecule has 0 radical (unpaired) electrons. The minimum Gasteiger partial charge on any atom is -0.326 e. The Morgan fingerprint density at radius 1 is 1.17 bits per heavy atom. The van der Waals surface area contributed by atoms with Crippen LogP contribution in [-0.2, 0) is 6.42 Å². The molecule has 0 fully saturated rings. The lowest BCUT2D eigenvalue weighted by molar-refractivity contribution is 0.481. The average molecular weight is 162 g/mol. The number of fused-ring (bicyclic) bond motifs is 1. The van der Waals surface area contributed by atoms with Crippen molar-refractivity contribution < 1.29 is 0 Å². The Morgan fingerprint density at radius 3 is 2.75 bits per heavy atom. The maximum absolute atomic E-state index is 5.96. The van der Waals surface area contributed by atoms with Gasteiger partial charge in [-0.1, -0.05) is 24.3 Å². The lowest BCUT2D eigenvalue weighted by atomic mass is 9.85. The fraction of sp³-hybridized carbons (Fsp3) is 0.400. The Balaban J connectivity index is 2.42. The van der Waals surface area contributed by atoms with Crippen LogP contribution in [0.1, 0.15) is 23.6 Å². The first-order valence-corrected chi connectivity index (χ1v) is 4.38. The second-order valence-electron chi connectivity index (χ2n) is 3.43. The van der Waals surface area contributed by atoms with Crippen molar-refractivity contribution in [3.63, 3.8) is 0 Å². The van der Waals surface area contributed by atoms with Crippen molar-refractivity contribution in [3.8, 4) is 0 Å². The van der Waals surface area contributed by atoms with E-state index in [4.69, 9.17) is 11.5 Å². The van der Waals surface area contributed by atoms with E-state index in [-0.39, 0.29) is 12.1 Å². The van der Waals surface area contributed by atoms with Crippen molar-refractivity contribution in [2.24, 2.45) is 11.5 Å². The summed E-state index contributed by atoms with van der Waals surface area (Å²) in [7, 11) is 0. The van der Waals surface area contributed by atoms with Gasteiger partial charge >= 0.3 is 0 Å². The van der Waals surface area contributed by atoms with E-state index in [1.54, 1.807) is 0 Å². The topological polar surface area (TPSA) is 52.0 Å². The van der Waals surface area contributed by atoms with Gasteiger partial charge in [-0.2, -0.15) is 0 Å². The molecule has 0 aromatic heterocycles. The summed E-state index contributed by atoms with van der Waals surface area (Å²) in [6.45, 7) is 0. The molecule has 0 amide bonds. The zero-order valence-corrected chi connectivity index (χ0v) is 7.03. The van der Waals surface area contributed by atoms with Crippen molar-refractivity contribution >= 4 is 0 Å². The van der Waals surface area contributed by atoms with Crippen molar-refractivity contribution in [3.05, 3.63) is 35.4 Å². The molecule has 64 valence electrons. The molecule has 1 aromatic carbocycles. The van der Waals surface area contributed by atoms with Gasteiger partial charge in [-0.15, -0.1) is 0 Å². The van der Waals surface area contributed by atoms with E-state index in [0.29, 0.717) is 0 Å². The molecule has 0 heterocycles. The van der Waals surface area contributed by atoms with Gasteiger partial charge in [0, 0.05) is 12.1 Å². The van der Waals surface area contributed by atoms with Crippen LogP contribution >= 0.6 is 0 Å². The normalized spacial score (nSPS) is 28.2. The first-order chi connectivity index (χ1) is 5.79. The first-order valence-electron chi connectivity index (χ1n) is 4.38. The summed E-state index contributed by atoms with van der Waals surface area (Å²) >= 11 is 0. The van der Waals surface area contributed by atoms with Crippen LogP contribution in [0.2, 0.25) is 0 Å². The highest BCUT2D eigenvalue weighted by Gasteiger charge is 2.22. The Bertz CT molecular complexity index is 283. The van der Waals surface area contributed by atoms with Crippen LogP contribution in [0, 0.1) is 0 Å². The molecule has 0 spiro atoms. The summed E-state index contributed by atoms with van der Waals surface area (Å²) in [5, 5.41) is 0. The predicted molar refractivity (Wildman–Crippen MR) is 49.7 cm³/mol. The van der Waals surface area contributed by atoms with Crippen LogP contribution in [-0.4, -0.2) is 6.04 Å². The molecule has 1 aliphatic rings. The molecular formula is C10H14N2. The zero-order chi connectivity index (χ0) is 8.55. The molecule has 2 heteroatoms. The second-order valence-corrected chi connectivity index (χ2v) is 3.43. The average Bonchev–Trinajstić information content (AvgIpc) is 2.12. The number of benzene rings is 1. The van der Waals surface area contributed by atoms with Gasteiger partial charge in [-0.3, -0.25) is 0 Å². The van der Waals surface area contributed by atoms with E-state index < -0.39 is 0 Å². The highest BCUT2D eigenvalue weighted by Crippen LogP contribution is 2.26. The van der Waals surface area contributed by atoms with Crippen LogP contribution in [0.4, 0.5) is 0 Å². The minimum atomic E-state index is 0.0370. The third-order valence-electron chi connectivity index (χ3n) is 2.62. The molecule has 0 saturated carbocycles. The summed E-state index contributed by atoms with van der Waals surface area (Å²) in [5.41, 5.74) is 14.4. The largest absolute Gasteiger partial charge is 0.326 e. The Labute approximate surface area is 72.6 Å². The number of nitrogens with two attached hydrogens (primary N) is 2. The molecule has 2 unspecified atom stereocenters. The van der Waals surface area contributed by atoms with Gasteiger partial charge in [0.1, 0.15) is 0 Å². The van der Waals surface area contributed by atoms with Gasteiger partial charge in [-0.25, -0.2) is 0 Å². The molecule has 4 N–H and O–H groups in total. The van der Waals surface area contributed by atoms with Crippen molar-refractivity contribution in [2.45, 2.75) is 24.9 Å². The van der Waals surface area contributed by atoms with E-state index in [2.05, 4.69) is 18.2 Å². The van der Waals surface area contributed by atoms with Crippen LogP contribution in [0.25, 0.3) is 0 Å². The number of aryl methyl sites for hydroxylation is 1. The van der Waals surface area contributed by atoms with Crippen LogP contribution in [0.15, 0.2) is 24.3 Å². The molecule has 0 saturated heterocycles. The molecule has 2 nitrogen and oxygen atoms in total. The van der Waals surface area contributed by atoms with Gasteiger partial charge in [0.2, 0.25) is 0 Å². The molecule has 1 aliphatic carbocycles. The number of hydrogen-bond donors (Lipinski definition) is 2. The predicted octanol–water partition coefficient (Wildman–Crippen LogP) is 0.960. The summed E-state index contributed by atoms with van der Waals surface area (Å²) in [4.78, 5) is 0. The highest BCUT2D eigenvalue weighted by molar-refractivity contribution is 5.33. The van der Waals surface area contributed by atoms with Crippen molar-refractivity contribution in [1.29, 1.82) is 0 Å². The summed E-state index contributed by atoms with van der Waals surface area (Å²) in [6.07, 6.45) is 2.09. The fourth-order valence-corrected chi connectivity index (χ4v) is 1.82. The third-order valence-corrected chi connectivity index (χ3v) is 2.62. The molecule has 0 aliphatic heterocycles. The summed E-state index contributed by atoms with van der Waals surface area (Å²) in [5.74, 6) is 0. The lowest BCUT2D eigenvalue weighted by Gasteiger charge is -2.27. The fourth-order valence-electron chi connectivity index (χ4n) is 1.82. The molecule has 0 bridgehead atoms. The Morgan fingerprint density at radius 2 is 1.92 bits per heavy atom. The van der Waals surface area contributed by atoms with E-state index >= 15 is 0 Å². The standard InChI is InChI=1S/C10H14N2/c11-9-6-5-7-3-1-2-4-8(7)10(9)12/h1-4,9-10H,5-6,11-12H2. The Kier molecular flexibility index (Phi) is 1.87. The van der Waals surface area contributed by atoms with E-state index in [0.717, 1.165) is 12.8 Å². The molecular weight excluding hydrogens is 148 g/mol. The highest BCUT2D eigenvalue weighted by atomic mass is 14.8. The third kappa shape index (κ3) is 1.13. The van der Waals surface area contributed by atoms with Gasteiger partial charge < -0.3 is 11.5 Å². The Hall–Kier alpha value is -0.860. The van der Waals surface area contributed by atoms with Crippen LogP contribution < -0.4 is 11.5 Å². The van der Waals surface area contributed by atoms with Crippen molar-refractivity contribution in [1.82, 2.24) is 0 Å². The zero-order valence-electron chi connectivity index (χ0n) is 7.03. The smallest absolute Gasteiger partial charge is 0.0451 e.